The van der Waals surface area contributed by atoms with Gasteiger partial charge in [-0.3, -0.25) is 13.8 Å². The van der Waals surface area contributed by atoms with E-state index in [1.54, 1.807) is 36.4 Å². The summed E-state index contributed by atoms with van der Waals surface area (Å²) in [7, 11) is -3.81. The highest BCUT2D eigenvalue weighted by Gasteiger charge is 2.25. The quantitative estimate of drug-likeness (QED) is 0.470. The van der Waals surface area contributed by atoms with Gasteiger partial charge in [-0.1, -0.05) is 42.3 Å². The molecule has 0 saturated carbocycles. The summed E-state index contributed by atoms with van der Waals surface area (Å²) in [4.78, 5) is 12.8. The first-order valence-corrected chi connectivity index (χ1v) is 12.9. The average molecular weight is 483 g/mol. The van der Waals surface area contributed by atoms with Gasteiger partial charge in [0.05, 0.1) is 16.3 Å². The molecule has 8 heteroatoms. The maximum absolute atomic E-state index is 13.4. The Balaban J connectivity index is 1.66. The second-order valence-corrected chi connectivity index (χ2v) is 10.9. The summed E-state index contributed by atoms with van der Waals surface area (Å²) >= 11 is 0. The number of carbonyl (C=O) groups excluding carboxylic acids is 1. The molecular weight excluding hydrogens is 448 g/mol. The number of sulfonamides is 1. The normalized spacial score (nSPS) is 12.4. The van der Waals surface area contributed by atoms with E-state index in [9.17, 15) is 13.2 Å². The Labute approximate surface area is 202 Å². The van der Waals surface area contributed by atoms with E-state index in [-0.39, 0.29) is 29.7 Å². The zero-order valence-corrected chi connectivity index (χ0v) is 21.4. The molecule has 1 unspecified atom stereocenters. The predicted octanol–water partition coefficient (Wildman–Crippen LogP) is 4.15. The van der Waals surface area contributed by atoms with Crippen LogP contribution in [-0.4, -0.2) is 37.2 Å². The van der Waals surface area contributed by atoms with Crippen LogP contribution in [0, 0.1) is 33.6 Å². The zero-order valence-electron chi connectivity index (χ0n) is 20.6. The third-order valence-corrected chi connectivity index (χ3v) is 7.55. The number of anilines is 1. The van der Waals surface area contributed by atoms with E-state index in [2.05, 4.69) is 17.3 Å². The molecule has 0 aliphatic rings. The van der Waals surface area contributed by atoms with Crippen molar-refractivity contribution in [2.24, 2.45) is 5.92 Å². The summed E-state index contributed by atoms with van der Waals surface area (Å²) in [5.41, 5.74) is 4.61. The molecule has 0 spiro atoms. The fourth-order valence-corrected chi connectivity index (χ4v) is 5.20. The number of benzene rings is 2. The van der Waals surface area contributed by atoms with Gasteiger partial charge in [0.1, 0.15) is 0 Å². The minimum atomic E-state index is -3.81. The second kappa shape index (κ2) is 10.9. The van der Waals surface area contributed by atoms with E-state index in [1.165, 1.54) is 4.31 Å². The van der Waals surface area contributed by atoms with Gasteiger partial charge in [0.25, 0.3) is 10.0 Å². The topological polar surface area (TPSA) is 84.3 Å². The van der Waals surface area contributed by atoms with E-state index in [0.29, 0.717) is 18.8 Å². The summed E-state index contributed by atoms with van der Waals surface area (Å²) < 4.78 is 30.1. The molecule has 1 atom stereocenters. The standard InChI is InChI=1S/C26H34N4O3S/c1-19-6-10-24(11-7-19)30(34(32,33)25-12-8-20(2)9-13-25)15-14-26(31)27-17-21(3)18-29-23(5)16-22(4)28-29/h6-13,16,21H,14-15,17-18H2,1-5H3,(H,27,31). The molecular formula is C26H34N4O3S. The fourth-order valence-electron chi connectivity index (χ4n) is 3.74. The van der Waals surface area contributed by atoms with Crippen molar-refractivity contribution in [1.29, 1.82) is 0 Å². The lowest BCUT2D eigenvalue weighted by Gasteiger charge is -2.25. The monoisotopic (exact) mass is 482 g/mol. The molecule has 0 radical (unpaired) electrons. The fraction of sp³-hybridized carbons (Fsp3) is 0.385. The summed E-state index contributed by atoms with van der Waals surface area (Å²) in [6.45, 7) is 11.1. The number of hydrogen-bond acceptors (Lipinski definition) is 4. The zero-order chi connectivity index (χ0) is 24.9. The molecule has 2 aromatic carbocycles. The van der Waals surface area contributed by atoms with Crippen molar-refractivity contribution in [2.75, 3.05) is 17.4 Å². The van der Waals surface area contributed by atoms with Crippen LogP contribution in [0.5, 0.6) is 0 Å². The van der Waals surface area contributed by atoms with E-state index >= 15 is 0 Å². The lowest BCUT2D eigenvalue weighted by molar-refractivity contribution is -0.121. The van der Waals surface area contributed by atoms with Gasteiger partial charge in [0, 0.05) is 31.7 Å². The van der Waals surface area contributed by atoms with Crippen LogP contribution >= 0.6 is 0 Å². The first kappa shape index (κ1) is 25.5. The Kier molecular flexibility index (Phi) is 8.15. The molecule has 1 heterocycles. The minimum absolute atomic E-state index is 0.0525. The van der Waals surface area contributed by atoms with Crippen LogP contribution in [0.15, 0.2) is 59.5 Å². The molecule has 0 fully saturated rings. The third-order valence-electron chi connectivity index (χ3n) is 5.71. The van der Waals surface area contributed by atoms with Crippen LogP contribution in [0.4, 0.5) is 5.69 Å². The highest BCUT2D eigenvalue weighted by atomic mass is 32.2. The predicted molar refractivity (Wildman–Crippen MR) is 135 cm³/mol. The van der Waals surface area contributed by atoms with Crippen LogP contribution < -0.4 is 9.62 Å². The van der Waals surface area contributed by atoms with Crippen molar-refractivity contribution in [1.82, 2.24) is 15.1 Å². The summed E-state index contributed by atoms with van der Waals surface area (Å²) in [5, 5.41) is 7.41. The van der Waals surface area contributed by atoms with Crippen LogP contribution in [0.2, 0.25) is 0 Å². The molecule has 0 bridgehead atoms. The number of hydrogen-bond donors (Lipinski definition) is 1. The molecule has 0 aliphatic carbocycles. The molecule has 0 aliphatic heterocycles. The molecule has 1 N–H and O–H groups in total. The molecule has 7 nitrogen and oxygen atoms in total. The number of rotatable bonds is 10. The van der Waals surface area contributed by atoms with E-state index < -0.39 is 10.0 Å². The lowest BCUT2D eigenvalue weighted by atomic mass is 10.2. The van der Waals surface area contributed by atoms with Gasteiger partial charge in [-0.2, -0.15) is 5.10 Å². The van der Waals surface area contributed by atoms with Crippen LogP contribution in [-0.2, 0) is 21.4 Å². The van der Waals surface area contributed by atoms with E-state index in [1.807, 2.05) is 50.6 Å². The molecule has 34 heavy (non-hydrogen) atoms. The average Bonchev–Trinajstić information content (AvgIpc) is 3.10. The Morgan fingerprint density at radius 3 is 2.15 bits per heavy atom. The number of nitrogens with zero attached hydrogens (tertiary/aromatic N) is 3. The van der Waals surface area contributed by atoms with Gasteiger partial charge in [-0.15, -0.1) is 0 Å². The van der Waals surface area contributed by atoms with E-state index in [4.69, 9.17) is 0 Å². The van der Waals surface area contributed by atoms with Crippen LogP contribution in [0.1, 0.15) is 35.9 Å². The lowest BCUT2D eigenvalue weighted by Crippen LogP contribution is -2.36. The number of carbonyl (C=O) groups is 1. The van der Waals surface area contributed by atoms with Crippen molar-refractivity contribution in [2.45, 2.75) is 52.5 Å². The smallest absolute Gasteiger partial charge is 0.264 e. The second-order valence-electron chi connectivity index (χ2n) is 8.99. The summed E-state index contributed by atoms with van der Waals surface area (Å²) in [6.07, 6.45) is 0.0611. The van der Waals surface area contributed by atoms with Crippen molar-refractivity contribution in [3.05, 3.63) is 77.1 Å². The Bertz CT molecular complexity index is 1220. The Morgan fingerprint density at radius 1 is 1.00 bits per heavy atom. The number of nitrogens with one attached hydrogen (secondary N) is 1. The maximum atomic E-state index is 13.4. The SMILES string of the molecule is Cc1ccc(N(CCC(=O)NCC(C)Cn2nc(C)cc2C)S(=O)(=O)c2ccc(C)cc2)cc1. The summed E-state index contributed by atoms with van der Waals surface area (Å²) in [6, 6.07) is 16.1. The molecule has 0 saturated heterocycles. The highest BCUT2D eigenvalue weighted by Crippen LogP contribution is 2.24. The number of aromatic nitrogens is 2. The molecule has 3 aromatic rings. The molecule has 3 rings (SSSR count). The minimum Gasteiger partial charge on any atom is -0.356 e. The molecule has 182 valence electrons. The van der Waals surface area contributed by atoms with Gasteiger partial charge < -0.3 is 5.32 Å². The molecule has 1 amide bonds. The third kappa shape index (κ3) is 6.47. The number of amides is 1. The van der Waals surface area contributed by atoms with Crippen LogP contribution in [0.3, 0.4) is 0 Å². The van der Waals surface area contributed by atoms with Gasteiger partial charge in [0.15, 0.2) is 0 Å². The van der Waals surface area contributed by atoms with Gasteiger partial charge >= 0.3 is 0 Å². The maximum Gasteiger partial charge on any atom is 0.264 e. The largest absolute Gasteiger partial charge is 0.356 e. The van der Waals surface area contributed by atoms with Gasteiger partial charge in [0.2, 0.25) is 5.91 Å². The first-order valence-electron chi connectivity index (χ1n) is 11.5. The van der Waals surface area contributed by atoms with Crippen LogP contribution in [0.25, 0.3) is 0 Å². The van der Waals surface area contributed by atoms with Crippen molar-refractivity contribution < 1.29 is 13.2 Å². The van der Waals surface area contributed by atoms with E-state index in [0.717, 1.165) is 22.5 Å². The number of aryl methyl sites for hydroxylation is 4. The van der Waals surface area contributed by atoms with Crippen molar-refractivity contribution >= 4 is 21.6 Å². The Hall–Kier alpha value is -3.13. The van der Waals surface area contributed by atoms with Crippen molar-refractivity contribution in [3.63, 3.8) is 0 Å². The highest BCUT2D eigenvalue weighted by molar-refractivity contribution is 7.92. The first-order chi connectivity index (χ1) is 16.1. The van der Waals surface area contributed by atoms with Gasteiger partial charge in [-0.05, 0) is 63.9 Å². The van der Waals surface area contributed by atoms with Crippen molar-refractivity contribution in [3.8, 4) is 0 Å². The Morgan fingerprint density at radius 2 is 1.59 bits per heavy atom. The molecule has 1 aromatic heterocycles. The van der Waals surface area contributed by atoms with Gasteiger partial charge in [-0.25, -0.2) is 8.42 Å². The summed E-state index contributed by atoms with van der Waals surface area (Å²) in [5.74, 6) is 0.00267.